The van der Waals surface area contributed by atoms with Gasteiger partial charge in [0.1, 0.15) is 17.4 Å². The van der Waals surface area contributed by atoms with E-state index in [4.69, 9.17) is 4.42 Å². The van der Waals surface area contributed by atoms with E-state index < -0.39 is 6.04 Å². The summed E-state index contributed by atoms with van der Waals surface area (Å²) in [5.41, 5.74) is 2.73. The lowest BCUT2D eigenvalue weighted by Gasteiger charge is -2.22. The van der Waals surface area contributed by atoms with E-state index in [0.29, 0.717) is 25.2 Å². The van der Waals surface area contributed by atoms with Crippen LogP contribution in [0.5, 0.6) is 0 Å². The highest BCUT2D eigenvalue weighted by atomic mass is 32.2. The first-order chi connectivity index (χ1) is 18.5. The number of hydrogen-bond donors (Lipinski definition) is 3. The van der Waals surface area contributed by atoms with E-state index in [9.17, 15) is 14.9 Å². The zero-order chi connectivity index (χ0) is 26.7. The van der Waals surface area contributed by atoms with Crippen LogP contribution >= 0.6 is 11.8 Å². The van der Waals surface area contributed by atoms with Gasteiger partial charge in [0.25, 0.3) is 0 Å². The third kappa shape index (κ3) is 7.76. The van der Waals surface area contributed by atoms with Crippen molar-refractivity contribution >= 4 is 46.2 Å². The maximum absolute atomic E-state index is 13.3. The summed E-state index contributed by atoms with van der Waals surface area (Å²) in [5.74, 6) is 2.29. The number of benzene rings is 2. The summed E-state index contributed by atoms with van der Waals surface area (Å²) in [6.45, 7) is 2.93. The van der Waals surface area contributed by atoms with E-state index >= 15 is 0 Å². The third-order valence-corrected chi connectivity index (χ3v) is 7.16. The van der Waals surface area contributed by atoms with Crippen molar-refractivity contribution < 1.29 is 14.0 Å². The van der Waals surface area contributed by atoms with Gasteiger partial charge in [0.05, 0.1) is 6.54 Å². The number of guanidine groups is 1. The quantitative estimate of drug-likeness (QED) is 0.125. The highest BCUT2D eigenvalue weighted by Crippen LogP contribution is 2.23. The Morgan fingerprint density at radius 1 is 1.21 bits per heavy atom. The van der Waals surface area contributed by atoms with Crippen LogP contribution in [-0.2, 0) is 15.3 Å². The molecule has 1 saturated heterocycles. The molecule has 4 rings (SSSR count). The van der Waals surface area contributed by atoms with Crippen LogP contribution in [0.1, 0.15) is 30.6 Å². The molecule has 1 aliphatic heterocycles. The van der Waals surface area contributed by atoms with E-state index in [0.717, 1.165) is 41.1 Å². The molecule has 0 spiro atoms. The zero-order valence-electron chi connectivity index (χ0n) is 21.4. The lowest BCUT2D eigenvalue weighted by Crippen LogP contribution is -2.45. The second-order valence-electron chi connectivity index (χ2n) is 9.11. The van der Waals surface area contributed by atoms with Gasteiger partial charge in [-0.1, -0.05) is 30.3 Å². The summed E-state index contributed by atoms with van der Waals surface area (Å²) < 4.78 is 5.61. The molecule has 38 heavy (non-hydrogen) atoms. The molecule has 0 saturated carbocycles. The number of thioether (sulfide) groups is 1. The summed E-state index contributed by atoms with van der Waals surface area (Å²) >= 11 is 1.75. The number of aryl methyl sites for hydroxylation is 1. The Morgan fingerprint density at radius 3 is 2.87 bits per heavy atom. The molecule has 1 aromatic heterocycles. The van der Waals surface area contributed by atoms with Crippen molar-refractivity contribution in [2.45, 2.75) is 38.0 Å². The van der Waals surface area contributed by atoms with Crippen LogP contribution in [0.4, 0.5) is 5.69 Å². The lowest BCUT2D eigenvalue weighted by molar-refractivity contribution is -0.136. The van der Waals surface area contributed by atoms with Gasteiger partial charge >= 0.3 is 0 Å². The number of rotatable bonds is 9. The van der Waals surface area contributed by atoms with E-state index in [2.05, 4.69) is 33.1 Å². The molecule has 198 valence electrons. The number of amides is 2. The summed E-state index contributed by atoms with van der Waals surface area (Å²) in [6, 6.07) is 17.0. The molecule has 0 aliphatic carbocycles. The minimum Gasteiger partial charge on any atom is -0.461 e. The maximum atomic E-state index is 13.3. The number of fused-ring (bicyclic) bond motifs is 1. The third-order valence-electron chi connectivity index (χ3n) is 6.13. The number of carbonyl (C=O) groups is 2. The van der Waals surface area contributed by atoms with Crippen molar-refractivity contribution in [3.63, 3.8) is 0 Å². The van der Waals surface area contributed by atoms with Crippen molar-refractivity contribution in [2.75, 3.05) is 30.7 Å². The van der Waals surface area contributed by atoms with Gasteiger partial charge in [-0.3, -0.25) is 14.9 Å². The van der Waals surface area contributed by atoms with Gasteiger partial charge < -0.3 is 20.0 Å². The van der Waals surface area contributed by atoms with E-state index in [1.807, 2.05) is 55.6 Å². The zero-order valence-corrected chi connectivity index (χ0v) is 22.2. The van der Waals surface area contributed by atoms with Gasteiger partial charge in [-0.2, -0.15) is 17.0 Å². The second-order valence-corrected chi connectivity index (χ2v) is 10.2. The van der Waals surface area contributed by atoms with Crippen LogP contribution in [0.15, 0.2) is 64.0 Å². The molecule has 1 fully saturated rings. The first kappa shape index (κ1) is 27.1. The Labute approximate surface area is 226 Å². The van der Waals surface area contributed by atoms with Crippen molar-refractivity contribution in [3.05, 3.63) is 65.9 Å². The normalized spacial score (nSPS) is 16.1. The number of likely N-dealkylation sites (tertiary alicyclic amines) is 1. The molecule has 2 aromatic carbocycles. The number of nitrogens with zero attached hydrogens (tertiary/aromatic N) is 3. The van der Waals surface area contributed by atoms with Gasteiger partial charge in [-0.05, 0) is 56.0 Å². The van der Waals surface area contributed by atoms with E-state index in [1.165, 1.54) is 5.56 Å². The Kier molecular flexibility index (Phi) is 9.65. The maximum Gasteiger partial charge on any atom is 0.247 e. The summed E-state index contributed by atoms with van der Waals surface area (Å²) in [4.78, 5) is 31.9. The average molecular weight is 533 g/mol. The van der Waals surface area contributed by atoms with Gasteiger partial charge in [0, 0.05) is 35.7 Å². The van der Waals surface area contributed by atoms with Crippen LogP contribution in [0, 0.1) is 18.4 Å². The molecular formula is C28H32N6O3S. The number of carbonyl (C=O) groups excluding carboxylic acids is 2. The van der Waals surface area contributed by atoms with Gasteiger partial charge in [0.15, 0.2) is 6.19 Å². The number of nitriles is 1. The molecule has 0 radical (unpaired) electrons. The van der Waals surface area contributed by atoms with Crippen molar-refractivity contribution in [3.8, 4) is 6.19 Å². The highest BCUT2D eigenvalue weighted by molar-refractivity contribution is 7.98. The number of anilines is 1. The smallest absolute Gasteiger partial charge is 0.247 e. The predicted molar refractivity (Wildman–Crippen MR) is 151 cm³/mol. The van der Waals surface area contributed by atoms with Gasteiger partial charge in [0.2, 0.25) is 17.8 Å². The standard InChI is InChI=1S/C28H32N6O3S/c1-20-15-22-16-23(10-11-25(22)37-20)32-28(31-19-29)33-24-9-5-6-13-34(27(24)36)17-26(35)30-12-14-38-18-21-7-3-2-4-8-21/h2-4,7-8,10-11,15-16,24H,5-6,9,12-14,17-18H2,1H3,(H,30,35)(H2,31,32,33)/t24-/m0/s1. The van der Waals surface area contributed by atoms with E-state index in [-0.39, 0.29) is 24.3 Å². The van der Waals surface area contributed by atoms with Crippen molar-refractivity contribution in [1.29, 1.82) is 5.26 Å². The molecule has 1 aliphatic rings. The summed E-state index contributed by atoms with van der Waals surface area (Å²) in [7, 11) is 0. The van der Waals surface area contributed by atoms with Crippen molar-refractivity contribution in [1.82, 2.24) is 15.5 Å². The highest BCUT2D eigenvalue weighted by Gasteiger charge is 2.28. The Hall–Kier alpha value is -3.97. The minimum atomic E-state index is -0.685. The number of furan rings is 1. The first-order valence-electron chi connectivity index (χ1n) is 12.7. The molecule has 3 N–H and O–H groups in total. The van der Waals surface area contributed by atoms with Gasteiger partial charge in [-0.15, -0.1) is 0 Å². The fourth-order valence-electron chi connectivity index (χ4n) is 4.31. The molecule has 10 heteroatoms. The predicted octanol–water partition coefficient (Wildman–Crippen LogP) is 4.01. The van der Waals surface area contributed by atoms with Crippen molar-refractivity contribution in [2.24, 2.45) is 4.99 Å². The summed E-state index contributed by atoms with van der Waals surface area (Å²) in [5, 5.41) is 18.7. The molecule has 1 atom stereocenters. The largest absolute Gasteiger partial charge is 0.461 e. The van der Waals surface area contributed by atoms with Crippen LogP contribution in [0.2, 0.25) is 0 Å². The monoisotopic (exact) mass is 532 g/mol. The summed E-state index contributed by atoms with van der Waals surface area (Å²) in [6.07, 6.45) is 4.03. The molecule has 9 nitrogen and oxygen atoms in total. The Morgan fingerprint density at radius 2 is 2.05 bits per heavy atom. The molecule has 0 bridgehead atoms. The van der Waals surface area contributed by atoms with Crippen LogP contribution in [-0.4, -0.2) is 54.1 Å². The second kappa shape index (κ2) is 13.5. The fraction of sp³-hybridized carbons (Fsp3) is 0.357. The molecule has 2 heterocycles. The Bertz CT molecular complexity index is 1320. The SMILES string of the molecule is Cc1cc2cc(NC(=N[C@H]3CCCCN(CC(=O)NCCSCc4ccccc4)C3=O)NC#N)ccc2o1. The van der Waals surface area contributed by atoms with Crippen LogP contribution in [0.25, 0.3) is 11.0 Å². The molecule has 0 unspecified atom stereocenters. The van der Waals surface area contributed by atoms with Gasteiger partial charge in [-0.25, -0.2) is 4.99 Å². The topological polar surface area (TPSA) is 123 Å². The average Bonchev–Trinajstić information content (AvgIpc) is 3.20. The van der Waals surface area contributed by atoms with Crippen LogP contribution in [0.3, 0.4) is 0 Å². The minimum absolute atomic E-state index is 0.000840. The molecular weight excluding hydrogens is 500 g/mol. The Balaban J connectivity index is 1.32. The molecule has 3 aromatic rings. The number of hydrogen-bond acceptors (Lipinski definition) is 6. The number of aliphatic imine (C=N–C) groups is 1. The fourth-order valence-corrected chi connectivity index (χ4v) is 5.13. The number of nitrogens with one attached hydrogen (secondary N) is 3. The van der Waals surface area contributed by atoms with Crippen LogP contribution < -0.4 is 16.0 Å². The lowest BCUT2D eigenvalue weighted by atomic mass is 10.1. The molecule has 2 amide bonds. The first-order valence-corrected chi connectivity index (χ1v) is 13.8. The van der Waals surface area contributed by atoms with E-state index in [1.54, 1.807) is 16.7 Å².